The number of fused-ring (bicyclic) bond motifs is 1. The van der Waals surface area contributed by atoms with Crippen molar-refractivity contribution in [2.45, 2.75) is 27.3 Å². The van der Waals surface area contributed by atoms with Crippen LogP contribution in [-0.4, -0.2) is 48.0 Å². The molecule has 1 amide bonds. The van der Waals surface area contributed by atoms with Crippen molar-refractivity contribution in [1.82, 2.24) is 9.38 Å². The summed E-state index contributed by atoms with van der Waals surface area (Å²) in [4.78, 5) is 32.4. The minimum Gasteiger partial charge on any atom is -0.321 e. The van der Waals surface area contributed by atoms with Gasteiger partial charge in [0.25, 0.3) is 11.5 Å². The maximum atomic E-state index is 12.6. The normalized spacial score (nSPS) is 18.8. The number of pyridine rings is 1. The molecule has 3 N–H and O–H groups in total. The lowest BCUT2D eigenvalue weighted by atomic mass is 10.1. The summed E-state index contributed by atoms with van der Waals surface area (Å²) < 4.78 is 1.60. The van der Waals surface area contributed by atoms with E-state index in [1.807, 2.05) is 57.3 Å². The molecule has 3 aromatic rings. The number of para-hydroxylation sites is 1. The zero-order chi connectivity index (χ0) is 22.0. The number of aryl methyl sites for hydroxylation is 3. The highest BCUT2D eigenvalue weighted by atomic mass is 16.2. The highest BCUT2D eigenvalue weighted by Crippen LogP contribution is 2.18. The summed E-state index contributed by atoms with van der Waals surface area (Å²) in [5.74, 6) is 0.0651. The molecule has 1 aromatic carbocycles. The molecule has 1 fully saturated rings. The molecule has 7 nitrogen and oxygen atoms in total. The Kier molecular flexibility index (Phi) is 6.15. The largest absolute Gasteiger partial charge is 0.321 e. The Balaban J connectivity index is 1.32. The topological polar surface area (TPSA) is 72.3 Å². The number of benzene rings is 1. The van der Waals surface area contributed by atoms with Crippen LogP contribution >= 0.6 is 0 Å². The molecule has 0 spiro atoms. The lowest BCUT2D eigenvalue weighted by Gasteiger charge is -2.29. The van der Waals surface area contributed by atoms with Gasteiger partial charge >= 0.3 is 0 Å². The van der Waals surface area contributed by atoms with Crippen LogP contribution in [0.25, 0.3) is 5.65 Å². The van der Waals surface area contributed by atoms with E-state index in [0.29, 0.717) is 12.2 Å². The first-order valence-electron chi connectivity index (χ1n) is 10.9. The van der Waals surface area contributed by atoms with E-state index in [4.69, 9.17) is 0 Å². The van der Waals surface area contributed by atoms with Crippen LogP contribution in [0.15, 0.2) is 47.4 Å². The van der Waals surface area contributed by atoms with Crippen LogP contribution in [0.3, 0.4) is 0 Å². The van der Waals surface area contributed by atoms with Gasteiger partial charge in [0.1, 0.15) is 44.1 Å². The number of nitrogens with zero attached hydrogens (tertiary/aromatic N) is 2. The van der Waals surface area contributed by atoms with E-state index >= 15 is 0 Å². The summed E-state index contributed by atoms with van der Waals surface area (Å²) in [6.45, 7) is 11.0. The third-order valence-corrected chi connectivity index (χ3v) is 6.11. The van der Waals surface area contributed by atoms with E-state index in [2.05, 4.69) is 10.3 Å². The van der Waals surface area contributed by atoms with Crippen LogP contribution in [0, 0.1) is 20.8 Å². The first-order chi connectivity index (χ1) is 14.9. The number of carbonyl (C=O) groups is 1. The van der Waals surface area contributed by atoms with Gasteiger partial charge in [0.05, 0.1) is 0 Å². The molecular formula is C24H31N5O2+2. The second-order valence-electron chi connectivity index (χ2n) is 8.69. The Morgan fingerprint density at radius 2 is 1.71 bits per heavy atom. The van der Waals surface area contributed by atoms with Gasteiger partial charge in [-0.3, -0.25) is 14.0 Å². The van der Waals surface area contributed by atoms with Gasteiger partial charge in [-0.25, -0.2) is 4.98 Å². The zero-order valence-electron chi connectivity index (χ0n) is 18.5. The van der Waals surface area contributed by atoms with Crippen molar-refractivity contribution in [3.8, 4) is 0 Å². The van der Waals surface area contributed by atoms with Crippen molar-refractivity contribution >= 4 is 17.2 Å². The Morgan fingerprint density at radius 1 is 1.03 bits per heavy atom. The summed E-state index contributed by atoms with van der Waals surface area (Å²) in [7, 11) is 0. The Labute approximate surface area is 182 Å². The fraction of sp³-hybridized carbons (Fsp3) is 0.375. The van der Waals surface area contributed by atoms with Crippen molar-refractivity contribution < 1.29 is 14.6 Å². The standard InChI is InChI=1S/C24H29N5O2/c1-17-7-8-21-25-20(13-23(31)29(21)14-17)15-27-9-11-28(12-10-27)16-22(30)26-24-18(2)5-4-6-19(24)3/h4-8,13-14H,9-12,15-16H2,1-3H3,(H,26,30)/p+2. The molecule has 0 aliphatic carbocycles. The van der Waals surface area contributed by atoms with E-state index in [9.17, 15) is 9.59 Å². The van der Waals surface area contributed by atoms with Gasteiger partial charge in [-0.15, -0.1) is 0 Å². The van der Waals surface area contributed by atoms with Gasteiger partial charge < -0.3 is 15.1 Å². The number of hydrogen-bond acceptors (Lipinski definition) is 3. The van der Waals surface area contributed by atoms with E-state index in [1.54, 1.807) is 10.5 Å². The maximum Gasteiger partial charge on any atom is 0.279 e. The lowest BCUT2D eigenvalue weighted by molar-refractivity contribution is -1.02. The Hall–Kier alpha value is -3.03. The van der Waals surface area contributed by atoms with Crippen molar-refractivity contribution in [3.05, 3.63) is 75.3 Å². The first-order valence-corrected chi connectivity index (χ1v) is 10.9. The molecule has 1 aliphatic heterocycles. The SMILES string of the molecule is Cc1ccc2nc(C[NH+]3CC[NH+](CC(=O)Nc4c(C)cccc4C)CC3)cc(=O)n2c1. The van der Waals surface area contributed by atoms with Crippen LogP contribution in [0.2, 0.25) is 0 Å². The van der Waals surface area contributed by atoms with E-state index < -0.39 is 0 Å². The quantitative estimate of drug-likeness (QED) is 0.522. The van der Waals surface area contributed by atoms with E-state index in [1.165, 1.54) is 9.80 Å². The number of hydrogen-bond donors (Lipinski definition) is 3. The molecule has 3 heterocycles. The molecule has 0 unspecified atom stereocenters. The Bertz CT molecular complexity index is 1140. The molecule has 0 saturated carbocycles. The highest BCUT2D eigenvalue weighted by Gasteiger charge is 2.25. The molecule has 31 heavy (non-hydrogen) atoms. The summed E-state index contributed by atoms with van der Waals surface area (Å²) in [6, 6.07) is 11.6. The van der Waals surface area contributed by atoms with Gasteiger partial charge in [0.2, 0.25) is 0 Å². The van der Waals surface area contributed by atoms with Gasteiger partial charge in [0, 0.05) is 18.0 Å². The number of carbonyl (C=O) groups excluding carboxylic acids is 1. The third kappa shape index (κ3) is 5.00. The second-order valence-corrected chi connectivity index (χ2v) is 8.69. The fourth-order valence-corrected chi connectivity index (χ4v) is 4.34. The summed E-state index contributed by atoms with van der Waals surface area (Å²) in [6.07, 6.45) is 1.83. The molecule has 4 rings (SSSR count). The average Bonchev–Trinajstić information content (AvgIpc) is 2.73. The summed E-state index contributed by atoms with van der Waals surface area (Å²) >= 11 is 0. The zero-order valence-corrected chi connectivity index (χ0v) is 18.5. The molecule has 2 aromatic heterocycles. The molecule has 1 aliphatic rings. The molecule has 162 valence electrons. The predicted octanol–water partition coefficient (Wildman–Crippen LogP) is -0.458. The van der Waals surface area contributed by atoms with Crippen LogP contribution in [-0.2, 0) is 11.3 Å². The van der Waals surface area contributed by atoms with Crippen LogP contribution in [0.1, 0.15) is 22.4 Å². The Morgan fingerprint density at radius 3 is 2.42 bits per heavy atom. The molecule has 0 radical (unpaired) electrons. The van der Waals surface area contributed by atoms with Gasteiger partial charge in [0.15, 0.2) is 6.54 Å². The summed E-state index contributed by atoms with van der Waals surface area (Å²) in [5, 5.41) is 3.09. The fourth-order valence-electron chi connectivity index (χ4n) is 4.34. The maximum absolute atomic E-state index is 12.6. The minimum absolute atomic E-state index is 0.0319. The molecule has 1 saturated heterocycles. The van der Waals surface area contributed by atoms with Crippen LogP contribution in [0.5, 0.6) is 0 Å². The number of amides is 1. The third-order valence-electron chi connectivity index (χ3n) is 6.11. The molecule has 7 heteroatoms. The lowest BCUT2D eigenvalue weighted by Crippen LogP contribution is -3.28. The number of nitrogens with one attached hydrogen (secondary N) is 3. The predicted molar refractivity (Wildman–Crippen MR) is 121 cm³/mol. The second kappa shape index (κ2) is 8.99. The molecule has 0 bridgehead atoms. The van der Waals surface area contributed by atoms with E-state index in [-0.39, 0.29) is 11.5 Å². The van der Waals surface area contributed by atoms with Crippen molar-refractivity contribution in [2.75, 3.05) is 38.0 Å². The van der Waals surface area contributed by atoms with Gasteiger partial charge in [-0.05, 0) is 43.5 Å². The molecular weight excluding hydrogens is 390 g/mol. The van der Waals surface area contributed by atoms with Gasteiger partial charge in [-0.1, -0.05) is 24.3 Å². The van der Waals surface area contributed by atoms with E-state index in [0.717, 1.165) is 60.8 Å². The smallest absolute Gasteiger partial charge is 0.279 e. The van der Waals surface area contributed by atoms with Crippen molar-refractivity contribution in [3.63, 3.8) is 0 Å². The molecule has 0 atom stereocenters. The average molecular weight is 422 g/mol. The number of anilines is 1. The van der Waals surface area contributed by atoms with Crippen molar-refractivity contribution in [2.24, 2.45) is 0 Å². The van der Waals surface area contributed by atoms with Crippen LogP contribution in [0.4, 0.5) is 5.69 Å². The number of piperazine rings is 1. The minimum atomic E-state index is -0.0319. The highest BCUT2D eigenvalue weighted by molar-refractivity contribution is 5.93. The van der Waals surface area contributed by atoms with Gasteiger partial charge in [-0.2, -0.15) is 0 Å². The monoisotopic (exact) mass is 421 g/mol. The summed E-state index contributed by atoms with van der Waals surface area (Å²) in [5.41, 5.74) is 5.64. The van der Waals surface area contributed by atoms with Crippen molar-refractivity contribution in [1.29, 1.82) is 0 Å². The number of aromatic nitrogens is 2. The first kappa shape index (κ1) is 21.2. The number of quaternary nitrogens is 2. The number of rotatable bonds is 5. The van der Waals surface area contributed by atoms with Crippen LogP contribution < -0.4 is 20.7 Å².